The quantitative estimate of drug-likeness (QED) is 0.805. The number of alkyl halides is 3. The summed E-state index contributed by atoms with van der Waals surface area (Å²) in [5.41, 5.74) is 1.64. The molecule has 0 radical (unpaired) electrons. The van der Waals surface area contributed by atoms with Crippen LogP contribution in [0.3, 0.4) is 0 Å². The Morgan fingerprint density at radius 3 is 2.67 bits per heavy atom. The van der Waals surface area contributed by atoms with Crippen LogP contribution in [-0.4, -0.2) is 9.55 Å². The van der Waals surface area contributed by atoms with Crippen molar-refractivity contribution in [2.75, 3.05) is 0 Å². The molecule has 6 heteroatoms. The Bertz CT molecular complexity index is 723. The lowest BCUT2D eigenvalue weighted by Crippen LogP contribution is -2.10. The van der Waals surface area contributed by atoms with Crippen molar-refractivity contribution in [1.29, 1.82) is 5.26 Å². The molecule has 1 aliphatic carbocycles. The van der Waals surface area contributed by atoms with Crippen LogP contribution in [0.15, 0.2) is 24.5 Å². The molecule has 0 fully saturated rings. The number of hydrogen-bond acceptors (Lipinski definition) is 2. The monoisotopic (exact) mass is 291 g/mol. The molecule has 0 bridgehead atoms. The van der Waals surface area contributed by atoms with E-state index in [4.69, 9.17) is 5.26 Å². The summed E-state index contributed by atoms with van der Waals surface area (Å²) in [5, 5.41) is 9.16. The van der Waals surface area contributed by atoms with Gasteiger partial charge in [0.05, 0.1) is 28.8 Å². The van der Waals surface area contributed by atoms with E-state index < -0.39 is 11.7 Å². The molecule has 2 aromatic rings. The lowest BCUT2D eigenvalue weighted by Gasteiger charge is -2.16. The molecule has 0 amide bonds. The highest BCUT2D eigenvalue weighted by Gasteiger charge is 2.31. The standard InChI is InChI=1S/C15H12F3N3/c16-15(17,18)11-5-6-13(10(7-11)8-19)21-9-20-12-3-1-2-4-14(12)21/h5-7,9H,1-4H2. The largest absolute Gasteiger partial charge is 0.416 e. The van der Waals surface area contributed by atoms with Gasteiger partial charge in [0, 0.05) is 5.69 Å². The number of nitrogens with zero attached hydrogens (tertiary/aromatic N) is 3. The van der Waals surface area contributed by atoms with Crippen LogP contribution >= 0.6 is 0 Å². The Morgan fingerprint density at radius 2 is 1.95 bits per heavy atom. The lowest BCUT2D eigenvalue weighted by atomic mass is 10.0. The van der Waals surface area contributed by atoms with Crippen molar-refractivity contribution in [3.63, 3.8) is 0 Å². The number of hydrogen-bond donors (Lipinski definition) is 0. The number of aryl methyl sites for hydroxylation is 1. The highest BCUT2D eigenvalue weighted by Crippen LogP contribution is 2.32. The summed E-state index contributed by atoms with van der Waals surface area (Å²) in [7, 11) is 0. The van der Waals surface area contributed by atoms with Gasteiger partial charge in [0.25, 0.3) is 0 Å². The molecule has 3 nitrogen and oxygen atoms in total. The molecule has 0 aliphatic heterocycles. The van der Waals surface area contributed by atoms with Crippen molar-refractivity contribution in [3.05, 3.63) is 47.0 Å². The minimum absolute atomic E-state index is 0.00981. The van der Waals surface area contributed by atoms with Gasteiger partial charge in [-0.1, -0.05) is 0 Å². The minimum atomic E-state index is -4.45. The molecule has 3 rings (SSSR count). The zero-order valence-corrected chi connectivity index (χ0v) is 11.1. The zero-order chi connectivity index (χ0) is 15.0. The SMILES string of the molecule is N#Cc1cc(C(F)(F)F)ccc1-n1cnc2c1CCCC2. The average molecular weight is 291 g/mol. The van der Waals surface area contributed by atoms with E-state index in [1.807, 2.05) is 6.07 Å². The van der Waals surface area contributed by atoms with Gasteiger partial charge in [-0.3, -0.25) is 0 Å². The second-order valence-corrected chi connectivity index (χ2v) is 5.06. The second kappa shape index (κ2) is 4.92. The van der Waals surface area contributed by atoms with Crippen LogP contribution in [0.1, 0.15) is 35.4 Å². The van der Waals surface area contributed by atoms with Crippen molar-refractivity contribution < 1.29 is 13.2 Å². The summed E-state index contributed by atoms with van der Waals surface area (Å²) < 4.78 is 39.9. The number of rotatable bonds is 1. The first-order valence-corrected chi connectivity index (χ1v) is 6.67. The maximum atomic E-state index is 12.7. The van der Waals surface area contributed by atoms with Crippen LogP contribution in [0.2, 0.25) is 0 Å². The van der Waals surface area contributed by atoms with Crippen LogP contribution in [0.5, 0.6) is 0 Å². The van der Waals surface area contributed by atoms with Gasteiger partial charge in [-0.05, 0) is 43.9 Å². The molecule has 21 heavy (non-hydrogen) atoms. The van der Waals surface area contributed by atoms with Gasteiger partial charge in [-0.15, -0.1) is 0 Å². The summed E-state index contributed by atoms with van der Waals surface area (Å²) in [6, 6.07) is 5.10. The molecule has 0 N–H and O–H groups in total. The molecule has 1 aromatic carbocycles. The summed E-state index contributed by atoms with van der Waals surface area (Å²) in [5.74, 6) is 0. The van der Waals surface area contributed by atoms with Crippen LogP contribution < -0.4 is 0 Å². The van der Waals surface area contributed by atoms with E-state index in [0.717, 1.165) is 49.2 Å². The van der Waals surface area contributed by atoms with Gasteiger partial charge in [-0.25, -0.2) is 4.98 Å². The topological polar surface area (TPSA) is 41.6 Å². The highest BCUT2D eigenvalue weighted by atomic mass is 19.4. The fourth-order valence-corrected chi connectivity index (χ4v) is 2.69. The molecule has 0 unspecified atom stereocenters. The third kappa shape index (κ3) is 2.40. The molecular formula is C15H12F3N3. The Morgan fingerprint density at radius 1 is 1.19 bits per heavy atom. The fraction of sp³-hybridized carbons (Fsp3) is 0.333. The molecule has 1 aliphatic rings. The van der Waals surface area contributed by atoms with Gasteiger partial charge < -0.3 is 4.57 Å². The Balaban J connectivity index is 2.11. The molecule has 0 saturated heterocycles. The Labute approximate surface area is 119 Å². The third-order valence-corrected chi connectivity index (χ3v) is 3.73. The van der Waals surface area contributed by atoms with Gasteiger partial charge >= 0.3 is 6.18 Å². The van der Waals surface area contributed by atoms with Crippen molar-refractivity contribution in [3.8, 4) is 11.8 Å². The number of nitriles is 1. The smallest absolute Gasteiger partial charge is 0.302 e. The van der Waals surface area contributed by atoms with Crippen molar-refractivity contribution >= 4 is 0 Å². The first kappa shape index (κ1) is 13.7. The van der Waals surface area contributed by atoms with E-state index >= 15 is 0 Å². The molecule has 1 heterocycles. The fourth-order valence-electron chi connectivity index (χ4n) is 2.69. The Hall–Kier alpha value is -2.29. The summed E-state index contributed by atoms with van der Waals surface area (Å²) >= 11 is 0. The number of halogens is 3. The van der Waals surface area contributed by atoms with Crippen LogP contribution in [-0.2, 0) is 19.0 Å². The number of aromatic nitrogens is 2. The number of imidazole rings is 1. The van der Waals surface area contributed by atoms with E-state index in [0.29, 0.717) is 5.69 Å². The number of fused-ring (bicyclic) bond motifs is 1. The highest BCUT2D eigenvalue weighted by molar-refractivity contribution is 5.52. The number of benzene rings is 1. The van der Waals surface area contributed by atoms with Gasteiger partial charge in [0.15, 0.2) is 0 Å². The predicted molar refractivity (Wildman–Crippen MR) is 69.9 cm³/mol. The minimum Gasteiger partial charge on any atom is -0.302 e. The van der Waals surface area contributed by atoms with Crippen LogP contribution in [0, 0.1) is 11.3 Å². The molecule has 1 aromatic heterocycles. The maximum Gasteiger partial charge on any atom is 0.416 e. The first-order valence-electron chi connectivity index (χ1n) is 6.67. The lowest BCUT2D eigenvalue weighted by molar-refractivity contribution is -0.137. The summed E-state index contributed by atoms with van der Waals surface area (Å²) in [6.07, 6.45) is 0.966. The zero-order valence-electron chi connectivity index (χ0n) is 11.1. The van der Waals surface area contributed by atoms with Crippen LogP contribution in [0.25, 0.3) is 5.69 Å². The van der Waals surface area contributed by atoms with Gasteiger partial charge in [-0.2, -0.15) is 18.4 Å². The van der Waals surface area contributed by atoms with E-state index in [2.05, 4.69) is 4.98 Å². The molecule has 0 atom stereocenters. The van der Waals surface area contributed by atoms with Gasteiger partial charge in [0.1, 0.15) is 6.07 Å². The Kier molecular flexibility index (Phi) is 3.20. The molecular weight excluding hydrogens is 279 g/mol. The van der Waals surface area contributed by atoms with Crippen LogP contribution in [0.4, 0.5) is 13.2 Å². The van der Waals surface area contributed by atoms with E-state index in [9.17, 15) is 13.2 Å². The van der Waals surface area contributed by atoms with E-state index in [-0.39, 0.29) is 5.56 Å². The third-order valence-electron chi connectivity index (χ3n) is 3.73. The molecule has 0 spiro atoms. The second-order valence-electron chi connectivity index (χ2n) is 5.06. The predicted octanol–water partition coefficient (Wildman–Crippen LogP) is 3.64. The van der Waals surface area contributed by atoms with E-state index in [1.165, 1.54) is 6.07 Å². The van der Waals surface area contributed by atoms with Crippen molar-refractivity contribution in [2.24, 2.45) is 0 Å². The van der Waals surface area contributed by atoms with Crippen molar-refractivity contribution in [1.82, 2.24) is 9.55 Å². The normalized spacial score (nSPS) is 14.6. The average Bonchev–Trinajstić information content (AvgIpc) is 2.89. The summed E-state index contributed by atoms with van der Waals surface area (Å²) in [4.78, 5) is 4.31. The summed E-state index contributed by atoms with van der Waals surface area (Å²) in [6.45, 7) is 0. The molecule has 108 valence electrons. The molecule has 0 saturated carbocycles. The van der Waals surface area contributed by atoms with Gasteiger partial charge in [0.2, 0.25) is 0 Å². The maximum absolute atomic E-state index is 12.7. The van der Waals surface area contributed by atoms with Crippen molar-refractivity contribution in [2.45, 2.75) is 31.9 Å². The first-order chi connectivity index (χ1) is 10.0. The van der Waals surface area contributed by atoms with E-state index in [1.54, 1.807) is 10.9 Å².